The summed E-state index contributed by atoms with van der Waals surface area (Å²) in [6.45, 7) is 1.82. The van der Waals surface area contributed by atoms with Crippen LogP contribution in [0.2, 0.25) is 0 Å². The molecule has 2 amide bonds. The summed E-state index contributed by atoms with van der Waals surface area (Å²) >= 11 is 0. The maximum atomic E-state index is 12.4. The van der Waals surface area contributed by atoms with Gasteiger partial charge in [0.15, 0.2) is 0 Å². The molecule has 0 fully saturated rings. The minimum atomic E-state index is -0.364. The minimum absolute atomic E-state index is 0.0410. The fourth-order valence-electron chi connectivity index (χ4n) is 2.42. The number of hydrogen-bond acceptors (Lipinski definition) is 3. The normalized spacial score (nSPS) is 13.0. The fourth-order valence-corrected chi connectivity index (χ4v) is 2.42. The zero-order chi connectivity index (χ0) is 18.4. The number of carbonyl (C=O) groups excluding carboxylic acids is 2. The lowest BCUT2D eigenvalue weighted by Gasteiger charge is -2.20. The number of nitrogens with one attached hydrogen (secondary N) is 1. The monoisotopic (exact) mass is 339 g/mol. The summed E-state index contributed by atoms with van der Waals surface area (Å²) in [6, 6.07) is 16.5. The highest BCUT2D eigenvalue weighted by Crippen LogP contribution is 2.21. The Labute approximate surface area is 148 Å². The van der Waals surface area contributed by atoms with Crippen LogP contribution in [0.15, 0.2) is 54.6 Å². The van der Waals surface area contributed by atoms with Gasteiger partial charge in [-0.25, -0.2) is 0 Å². The van der Waals surface area contributed by atoms with E-state index in [2.05, 4.69) is 5.32 Å². The number of amides is 2. The molecule has 0 aliphatic heterocycles. The van der Waals surface area contributed by atoms with Gasteiger partial charge in [-0.05, 0) is 23.3 Å². The third-order valence-corrected chi connectivity index (χ3v) is 4.21. The molecule has 2 aromatic rings. The van der Waals surface area contributed by atoms with Gasteiger partial charge in [0.25, 0.3) is 0 Å². The highest BCUT2D eigenvalue weighted by Gasteiger charge is 2.22. The second-order valence-corrected chi connectivity index (χ2v) is 6.38. The van der Waals surface area contributed by atoms with Crippen LogP contribution in [0.4, 0.5) is 5.69 Å². The summed E-state index contributed by atoms with van der Waals surface area (Å²) in [7, 11) is 3.46. The lowest BCUT2D eigenvalue weighted by atomic mass is 9.94. The van der Waals surface area contributed by atoms with Crippen molar-refractivity contribution in [3.63, 3.8) is 0 Å². The first kappa shape index (κ1) is 18.7. The van der Waals surface area contributed by atoms with Crippen LogP contribution in [-0.2, 0) is 16.0 Å². The Morgan fingerprint density at radius 1 is 1.04 bits per heavy atom. The van der Waals surface area contributed by atoms with E-state index in [-0.39, 0.29) is 23.8 Å². The zero-order valence-electron chi connectivity index (χ0n) is 14.9. The molecule has 0 saturated heterocycles. The summed E-state index contributed by atoms with van der Waals surface area (Å²) in [6.07, 6.45) is 0.344. The van der Waals surface area contributed by atoms with Crippen LogP contribution in [0.3, 0.4) is 0 Å². The van der Waals surface area contributed by atoms with Crippen molar-refractivity contribution in [3.05, 3.63) is 65.7 Å². The van der Waals surface area contributed by atoms with Crippen LogP contribution in [0.25, 0.3) is 0 Å². The molecule has 0 radical (unpaired) electrons. The Hall–Kier alpha value is -2.66. The number of hydrogen-bond donors (Lipinski definition) is 2. The number of anilines is 1. The molecule has 0 aliphatic rings. The Morgan fingerprint density at radius 3 is 2.20 bits per heavy atom. The Bertz CT molecular complexity index is 711. The number of likely N-dealkylation sites (N-methyl/N-ethyl adjacent to an activating group) is 1. The predicted octanol–water partition coefficient (Wildman–Crippen LogP) is 2.59. The van der Waals surface area contributed by atoms with E-state index in [1.807, 2.05) is 49.4 Å². The zero-order valence-corrected chi connectivity index (χ0v) is 14.9. The predicted molar refractivity (Wildman–Crippen MR) is 100 cm³/mol. The lowest BCUT2D eigenvalue weighted by molar-refractivity contribution is -0.128. The number of benzene rings is 2. The number of nitrogens with zero attached hydrogens (tertiary/aromatic N) is 1. The first-order valence-electron chi connectivity index (χ1n) is 8.29. The van der Waals surface area contributed by atoms with Crippen molar-refractivity contribution < 1.29 is 9.59 Å². The highest BCUT2D eigenvalue weighted by molar-refractivity contribution is 5.93. The van der Waals surface area contributed by atoms with E-state index in [1.54, 1.807) is 31.1 Å². The molecule has 3 N–H and O–H groups in total. The minimum Gasteiger partial charge on any atom is -0.349 e. The average Bonchev–Trinajstić information content (AvgIpc) is 2.62. The molecule has 5 nitrogen and oxygen atoms in total. The maximum absolute atomic E-state index is 12.4. The standard InChI is InChI=1S/C20H25N3O2/c1-14(19(21)16-7-5-4-6-8-16)20(25)22-17-11-9-15(10-12-17)13-18(24)23(2)3/h4-12,14,19H,13,21H2,1-3H3,(H,22,25). The molecule has 0 aliphatic carbocycles. The molecule has 25 heavy (non-hydrogen) atoms. The van der Waals surface area contributed by atoms with Crippen LogP contribution in [0.1, 0.15) is 24.1 Å². The fraction of sp³-hybridized carbons (Fsp3) is 0.300. The SMILES string of the molecule is CC(C(=O)Nc1ccc(CC(=O)N(C)C)cc1)C(N)c1ccccc1. The Kier molecular flexibility index (Phi) is 6.31. The van der Waals surface area contributed by atoms with Gasteiger partial charge in [-0.1, -0.05) is 49.4 Å². The molecule has 5 heteroatoms. The molecule has 2 aromatic carbocycles. The van der Waals surface area contributed by atoms with Gasteiger partial charge in [-0.2, -0.15) is 0 Å². The largest absolute Gasteiger partial charge is 0.349 e. The third-order valence-electron chi connectivity index (χ3n) is 4.21. The third kappa shape index (κ3) is 5.16. The van der Waals surface area contributed by atoms with Crippen LogP contribution in [0.5, 0.6) is 0 Å². The van der Waals surface area contributed by atoms with Crippen molar-refractivity contribution in [3.8, 4) is 0 Å². The van der Waals surface area contributed by atoms with Gasteiger partial charge in [0, 0.05) is 25.8 Å². The molecule has 0 aromatic heterocycles. The van der Waals surface area contributed by atoms with E-state index >= 15 is 0 Å². The summed E-state index contributed by atoms with van der Waals surface area (Å²) in [5, 5.41) is 2.88. The first-order valence-corrected chi connectivity index (χ1v) is 8.29. The van der Waals surface area contributed by atoms with Gasteiger partial charge in [0.05, 0.1) is 12.3 Å². The van der Waals surface area contributed by atoms with E-state index in [9.17, 15) is 9.59 Å². The van der Waals surface area contributed by atoms with E-state index in [1.165, 1.54) is 0 Å². The molecule has 0 saturated carbocycles. The second-order valence-electron chi connectivity index (χ2n) is 6.38. The highest BCUT2D eigenvalue weighted by atomic mass is 16.2. The van der Waals surface area contributed by atoms with Crippen molar-refractivity contribution in [2.45, 2.75) is 19.4 Å². The molecule has 2 rings (SSSR count). The van der Waals surface area contributed by atoms with Crippen molar-refractivity contribution in [1.82, 2.24) is 4.90 Å². The van der Waals surface area contributed by atoms with E-state index < -0.39 is 0 Å². The molecule has 2 atom stereocenters. The van der Waals surface area contributed by atoms with E-state index in [0.29, 0.717) is 12.1 Å². The first-order chi connectivity index (χ1) is 11.9. The number of carbonyl (C=O) groups is 2. The van der Waals surface area contributed by atoms with Gasteiger partial charge < -0.3 is 16.0 Å². The van der Waals surface area contributed by atoms with Crippen molar-refractivity contribution in [2.75, 3.05) is 19.4 Å². The molecule has 0 bridgehead atoms. The van der Waals surface area contributed by atoms with Crippen molar-refractivity contribution in [1.29, 1.82) is 0 Å². The van der Waals surface area contributed by atoms with Gasteiger partial charge in [0.1, 0.15) is 0 Å². The molecule has 0 heterocycles. The van der Waals surface area contributed by atoms with Gasteiger partial charge in [0.2, 0.25) is 11.8 Å². The van der Waals surface area contributed by atoms with Gasteiger partial charge >= 0.3 is 0 Å². The summed E-state index contributed by atoms with van der Waals surface area (Å²) in [5.74, 6) is -0.454. The Morgan fingerprint density at radius 2 is 1.64 bits per heavy atom. The molecule has 0 spiro atoms. The average molecular weight is 339 g/mol. The second kappa shape index (κ2) is 8.44. The lowest BCUT2D eigenvalue weighted by Crippen LogP contribution is -2.30. The van der Waals surface area contributed by atoms with E-state index in [0.717, 1.165) is 11.1 Å². The van der Waals surface area contributed by atoms with Crippen LogP contribution in [-0.4, -0.2) is 30.8 Å². The van der Waals surface area contributed by atoms with Crippen LogP contribution in [0, 0.1) is 5.92 Å². The molecular weight excluding hydrogens is 314 g/mol. The number of nitrogens with two attached hydrogens (primary N) is 1. The topological polar surface area (TPSA) is 75.4 Å². The molecule has 2 unspecified atom stereocenters. The van der Waals surface area contributed by atoms with E-state index in [4.69, 9.17) is 5.73 Å². The van der Waals surface area contributed by atoms with Gasteiger partial charge in [-0.3, -0.25) is 9.59 Å². The van der Waals surface area contributed by atoms with Crippen molar-refractivity contribution in [2.24, 2.45) is 11.7 Å². The maximum Gasteiger partial charge on any atom is 0.229 e. The smallest absolute Gasteiger partial charge is 0.229 e. The summed E-state index contributed by atoms with van der Waals surface area (Å²) in [4.78, 5) is 25.7. The molecule has 132 valence electrons. The van der Waals surface area contributed by atoms with Crippen LogP contribution < -0.4 is 11.1 Å². The summed E-state index contributed by atoms with van der Waals surface area (Å²) in [5.41, 5.74) is 8.73. The number of rotatable bonds is 6. The molecular formula is C20H25N3O2. The van der Waals surface area contributed by atoms with Gasteiger partial charge in [-0.15, -0.1) is 0 Å². The van der Waals surface area contributed by atoms with Crippen molar-refractivity contribution >= 4 is 17.5 Å². The van der Waals surface area contributed by atoms with Crippen LogP contribution >= 0.6 is 0 Å². The summed E-state index contributed by atoms with van der Waals surface area (Å²) < 4.78 is 0. The Balaban J connectivity index is 1.97. The quantitative estimate of drug-likeness (QED) is 0.849.